The van der Waals surface area contributed by atoms with Crippen LogP contribution in [0.25, 0.3) is 0 Å². The molecule has 1 saturated heterocycles. The first-order chi connectivity index (χ1) is 9.88. The summed E-state index contributed by atoms with van der Waals surface area (Å²) in [5.41, 5.74) is -0.970. The highest BCUT2D eigenvalue weighted by Gasteiger charge is 2.36. The third-order valence-corrected chi connectivity index (χ3v) is 4.16. The summed E-state index contributed by atoms with van der Waals surface area (Å²) in [7, 11) is 0. The fourth-order valence-corrected chi connectivity index (χ4v) is 2.74. The monoisotopic (exact) mass is 302 g/mol. The maximum absolute atomic E-state index is 12.9. The molecule has 1 atom stereocenters. The second kappa shape index (κ2) is 6.34. The van der Waals surface area contributed by atoms with Crippen LogP contribution in [-0.2, 0) is 11.7 Å². The van der Waals surface area contributed by atoms with Gasteiger partial charge < -0.3 is 10.4 Å². The van der Waals surface area contributed by atoms with E-state index in [-0.39, 0.29) is 6.61 Å². The maximum atomic E-state index is 12.9. The normalized spacial score (nSPS) is 20.8. The second-order valence-electron chi connectivity index (χ2n) is 5.60. The van der Waals surface area contributed by atoms with Gasteiger partial charge in [-0.15, -0.1) is 0 Å². The number of nitrogens with zero attached hydrogens (tertiary/aromatic N) is 1. The van der Waals surface area contributed by atoms with E-state index in [0.717, 1.165) is 38.2 Å². The number of aliphatic hydroxyl groups is 1. The van der Waals surface area contributed by atoms with Crippen LogP contribution in [0, 0.1) is 0 Å². The molecule has 1 fully saturated rings. The van der Waals surface area contributed by atoms with Gasteiger partial charge in [-0.25, -0.2) is 0 Å². The molecule has 1 unspecified atom stereocenters. The molecule has 0 saturated carbocycles. The largest absolute Gasteiger partial charge is 0.416 e. The van der Waals surface area contributed by atoms with Crippen molar-refractivity contribution in [2.24, 2.45) is 0 Å². The van der Waals surface area contributed by atoms with Crippen molar-refractivity contribution in [1.29, 1.82) is 0 Å². The van der Waals surface area contributed by atoms with E-state index in [1.807, 2.05) is 0 Å². The first-order valence-electron chi connectivity index (χ1n) is 7.12. The van der Waals surface area contributed by atoms with E-state index in [2.05, 4.69) is 10.2 Å². The molecule has 0 amide bonds. The zero-order valence-corrected chi connectivity index (χ0v) is 12.1. The van der Waals surface area contributed by atoms with Crippen molar-refractivity contribution in [3.8, 4) is 0 Å². The Labute approximate surface area is 122 Å². The molecule has 0 bridgehead atoms. The molecule has 2 rings (SSSR count). The fourth-order valence-electron chi connectivity index (χ4n) is 2.74. The van der Waals surface area contributed by atoms with Gasteiger partial charge in [0.25, 0.3) is 0 Å². The highest BCUT2D eigenvalue weighted by molar-refractivity contribution is 5.31. The average Bonchev–Trinajstić information content (AvgIpc) is 2.75. The first-order valence-corrected chi connectivity index (χ1v) is 7.12. The molecule has 2 N–H and O–H groups in total. The van der Waals surface area contributed by atoms with Gasteiger partial charge in [0, 0.05) is 19.6 Å². The van der Waals surface area contributed by atoms with Crippen LogP contribution in [0.15, 0.2) is 24.3 Å². The predicted molar refractivity (Wildman–Crippen MR) is 74.9 cm³/mol. The SMILES string of the molecule is CC(CO)(c1cccc(C(F)(F)F)c1)N1CCCNCC1. The summed E-state index contributed by atoms with van der Waals surface area (Å²) in [6, 6.07) is 5.27. The van der Waals surface area contributed by atoms with Crippen LogP contribution < -0.4 is 5.32 Å². The lowest BCUT2D eigenvalue weighted by Gasteiger charge is -2.40. The highest BCUT2D eigenvalue weighted by Crippen LogP contribution is 2.34. The topological polar surface area (TPSA) is 35.5 Å². The van der Waals surface area contributed by atoms with Crippen molar-refractivity contribution in [3.05, 3.63) is 35.4 Å². The van der Waals surface area contributed by atoms with Gasteiger partial charge in [0.15, 0.2) is 0 Å². The molecule has 0 aliphatic carbocycles. The molecule has 3 nitrogen and oxygen atoms in total. The summed E-state index contributed by atoms with van der Waals surface area (Å²) in [6.45, 7) is 4.70. The fraction of sp³-hybridized carbons (Fsp3) is 0.600. The van der Waals surface area contributed by atoms with E-state index in [0.29, 0.717) is 12.1 Å². The standard InChI is InChI=1S/C15H21F3N2O/c1-14(11-21,20-8-3-6-19-7-9-20)12-4-2-5-13(10-12)15(16,17)18/h2,4-5,10,19,21H,3,6-9,11H2,1H3. The first kappa shape index (κ1) is 16.3. The van der Waals surface area contributed by atoms with Crippen LogP contribution in [0.4, 0.5) is 13.2 Å². The van der Waals surface area contributed by atoms with Crippen molar-refractivity contribution in [2.45, 2.75) is 25.1 Å². The summed E-state index contributed by atoms with van der Waals surface area (Å²) >= 11 is 0. The van der Waals surface area contributed by atoms with E-state index >= 15 is 0 Å². The lowest BCUT2D eigenvalue weighted by atomic mass is 9.89. The number of hydrogen-bond donors (Lipinski definition) is 2. The van der Waals surface area contributed by atoms with E-state index in [9.17, 15) is 18.3 Å². The molecule has 0 spiro atoms. The Morgan fingerprint density at radius 3 is 2.57 bits per heavy atom. The van der Waals surface area contributed by atoms with Gasteiger partial charge in [-0.3, -0.25) is 4.90 Å². The minimum Gasteiger partial charge on any atom is -0.394 e. The smallest absolute Gasteiger partial charge is 0.394 e. The van der Waals surface area contributed by atoms with Gasteiger partial charge in [-0.2, -0.15) is 13.2 Å². The molecule has 0 radical (unpaired) electrons. The van der Waals surface area contributed by atoms with Crippen LogP contribution in [0.1, 0.15) is 24.5 Å². The zero-order chi connectivity index (χ0) is 15.5. The summed E-state index contributed by atoms with van der Waals surface area (Å²) in [5.74, 6) is 0. The van der Waals surface area contributed by atoms with Crippen LogP contribution in [0.2, 0.25) is 0 Å². The van der Waals surface area contributed by atoms with Gasteiger partial charge in [0.05, 0.1) is 17.7 Å². The Kier molecular flexibility index (Phi) is 4.91. The van der Waals surface area contributed by atoms with Crippen LogP contribution in [-0.4, -0.2) is 42.8 Å². The Hall–Kier alpha value is -1.11. The third kappa shape index (κ3) is 3.56. The summed E-state index contributed by atoms with van der Waals surface area (Å²) in [6.07, 6.45) is -3.46. The number of hydrogen-bond acceptors (Lipinski definition) is 3. The lowest BCUT2D eigenvalue weighted by Crippen LogP contribution is -2.48. The molecular weight excluding hydrogens is 281 g/mol. The van der Waals surface area contributed by atoms with Crippen molar-refractivity contribution < 1.29 is 18.3 Å². The number of halogens is 3. The van der Waals surface area contributed by atoms with Crippen LogP contribution in [0.3, 0.4) is 0 Å². The third-order valence-electron chi connectivity index (χ3n) is 4.16. The number of benzene rings is 1. The predicted octanol–water partition coefficient (Wildman–Crippen LogP) is 2.21. The van der Waals surface area contributed by atoms with Gasteiger partial charge in [0.1, 0.15) is 0 Å². The average molecular weight is 302 g/mol. The molecule has 1 aromatic rings. The van der Waals surface area contributed by atoms with Crippen molar-refractivity contribution in [2.75, 3.05) is 32.8 Å². The van der Waals surface area contributed by atoms with Crippen LogP contribution >= 0.6 is 0 Å². The van der Waals surface area contributed by atoms with E-state index in [4.69, 9.17) is 0 Å². The zero-order valence-electron chi connectivity index (χ0n) is 12.1. The van der Waals surface area contributed by atoms with Crippen molar-refractivity contribution in [1.82, 2.24) is 10.2 Å². The molecular formula is C15H21F3N2O. The van der Waals surface area contributed by atoms with Gasteiger partial charge >= 0.3 is 6.18 Å². The van der Waals surface area contributed by atoms with E-state index in [1.165, 1.54) is 6.07 Å². The minimum atomic E-state index is -4.37. The van der Waals surface area contributed by atoms with Crippen LogP contribution in [0.5, 0.6) is 0 Å². The Morgan fingerprint density at radius 2 is 1.90 bits per heavy atom. The summed E-state index contributed by atoms with van der Waals surface area (Å²) in [5, 5.41) is 13.1. The minimum absolute atomic E-state index is 0.214. The van der Waals surface area contributed by atoms with Gasteiger partial charge in [0.2, 0.25) is 0 Å². The molecule has 1 aromatic carbocycles. The number of aliphatic hydroxyl groups excluding tert-OH is 1. The lowest BCUT2D eigenvalue weighted by molar-refractivity contribution is -0.137. The van der Waals surface area contributed by atoms with Gasteiger partial charge in [-0.1, -0.05) is 12.1 Å². The second-order valence-corrected chi connectivity index (χ2v) is 5.60. The molecule has 6 heteroatoms. The van der Waals surface area contributed by atoms with Gasteiger partial charge in [-0.05, 0) is 37.6 Å². The summed E-state index contributed by atoms with van der Waals surface area (Å²) < 4.78 is 38.6. The number of nitrogens with one attached hydrogen (secondary N) is 1. The quantitative estimate of drug-likeness (QED) is 0.898. The van der Waals surface area contributed by atoms with E-state index < -0.39 is 17.3 Å². The molecule has 118 valence electrons. The Bertz CT molecular complexity index is 470. The molecule has 0 aromatic heterocycles. The summed E-state index contributed by atoms with van der Waals surface area (Å²) in [4.78, 5) is 2.06. The van der Waals surface area contributed by atoms with Crippen molar-refractivity contribution >= 4 is 0 Å². The molecule has 1 heterocycles. The molecule has 21 heavy (non-hydrogen) atoms. The van der Waals surface area contributed by atoms with Crippen molar-refractivity contribution in [3.63, 3.8) is 0 Å². The Balaban J connectivity index is 2.35. The number of alkyl halides is 3. The molecule has 1 aliphatic heterocycles. The Morgan fingerprint density at radius 1 is 1.19 bits per heavy atom. The highest BCUT2D eigenvalue weighted by atomic mass is 19.4. The molecule has 1 aliphatic rings. The van der Waals surface area contributed by atoms with E-state index in [1.54, 1.807) is 13.0 Å². The maximum Gasteiger partial charge on any atom is 0.416 e. The number of rotatable bonds is 3.